The molecule has 0 saturated carbocycles. The third kappa shape index (κ3) is 4.83. The molecule has 0 bridgehead atoms. The highest BCUT2D eigenvalue weighted by Crippen LogP contribution is 2.45. The van der Waals surface area contributed by atoms with Crippen molar-refractivity contribution in [3.05, 3.63) is 99.9 Å². The van der Waals surface area contributed by atoms with Gasteiger partial charge in [0.2, 0.25) is 11.1 Å². The van der Waals surface area contributed by atoms with Gasteiger partial charge >= 0.3 is 5.97 Å². The van der Waals surface area contributed by atoms with Crippen LogP contribution in [0.2, 0.25) is 0 Å². The minimum Gasteiger partial charge on any atom is -0.496 e. The van der Waals surface area contributed by atoms with Gasteiger partial charge < -0.3 is 18.4 Å². The van der Waals surface area contributed by atoms with E-state index in [1.54, 1.807) is 26.4 Å². The van der Waals surface area contributed by atoms with Crippen molar-refractivity contribution in [3.63, 3.8) is 0 Å². The minimum absolute atomic E-state index is 0.0818. The summed E-state index contributed by atoms with van der Waals surface area (Å²) < 4.78 is 35.1. The van der Waals surface area contributed by atoms with E-state index in [1.165, 1.54) is 18.7 Å². The number of fused-ring (bicyclic) bond motifs is 4. The maximum absolute atomic E-state index is 13.0. The summed E-state index contributed by atoms with van der Waals surface area (Å²) in [6, 6.07) is 3.94. The molecule has 1 aliphatic carbocycles. The molecule has 2 atom stereocenters. The van der Waals surface area contributed by atoms with Crippen LogP contribution >= 0.6 is 0 Å². The molecule has 8 heteroatoms. The van der Waals surface area contributed by atoms with Gasteiger partial charge in [0, 0.05) is 24.7 Å². The summed E-state index contributed by atoms with van der Waals surface area (Å²) in [4.78, 5) is 15.2. The number of methoxy groups -OCH3 is 3. The Labute approximate surface area is 214 Å². The van der Waals surface area contributed by atoms with E-state index in [4.69, 9.17) is 18.4 Å². The van der Waals surface area contributed by atoms with Gasteiger partial charge in [-0.3, -0.25) is 4.90 Å². The third-order valence-corrected chi connectivity index (χ3v) is 7.72. The topological polar surface area (TPSA) is 74.3 Å². The number of hydrogen-bond acceptors (Lipinski definition) is 7. The Morgan fingerprint density at radius 1 is 1.17 bits per heavy atom. The van der Waals surface area contributed by atoms with E-state index in [-0.39, 0.29) is 6.04 Å². The lowest BCUT2D eigenvalue weighted by atomic mass is 9.81. The van der Waals surface area contributed by atoms with Crippen molar-refractivity contribution < 1.29 is 27.4 Å². The molecule has 2 heterocycles. The van der Waals surface area contributed by atoms with E-state index in [9.17, 15) is 9.00 Å². The van der Waals surface area contributed by atoms with Crippen molar-refractivity contribution in [1.82, 2.24) is 4.90 Å². The second kappa shape index (κ2) is 11.1. The summed E-state index contributed by atoms with van der Waals surface area (Å²) in [6.45, 7) is 8.82. The highest BCUT2D eigenvalue weighted by Gasteiger charge is 2.37. The number of allylic oxidation sites excluding steroid dienone is 5. The van der Waals surface area contributed by atoms with Crippen LogP contribution in [0.5, 0.6) is 5.75 Å². The van der Waals surface area contributed by atoms with Crippen LogP contribution in [-0.2, 0) is 31.2 Å². The van der Waals surface area contributed by atoms with E-state index in [0.29, 0.717) is 40.7 Å². The fraction of sp³-hybridized carbons (Fsp3) is 0.321. The summed E-state index contributed by atoms with van der Waals surface area (Å²) in [5.41, 5.74) is 4.76. The van der Waals surface area contributed by atoms with Gasteiger partial charge in [-0.1, -0.05) is 25.3 Å². The van der Waals surface area contributed by atoms with Gasteiger partial charge in [0.05, 0.1) is 26.2 Å². The first-order valence-corrected chi connectivity index (χ1v) is 12.8. The van der Waals surface area contributed by atoms with Crippen molar-refractivity contribution in [2.45, 2.75) is 25.3 Å². The first-order chi connectivity index (χ1) is 17.4. The van der Waals surface area contributed by atoms with E-state index < -0.39 is 17.0 Å². The molecule has 0 aromatic heterocycles. The van der Waals surface area contributed by atoms with Gasteiger partial charge in [-0.15, -0.1) is 0 Å². The number of rotatable bonds is 8. The number of hydrogen-bond donors (Lipinski definition) is 0. The average molecular weight is 510 g/mol. The fourth-order valence-electron chi connectivity index (χ4n) is 4.96. The molecule has 4 rings (SSSR count). The molecular weight excluding hydrogens is 478 g/mol. The number of carbonyl (C=O) groups is 1. The van der Waals surface area contributed by atoms with Crippen molar-refractivity contribution in [1.29, 1.82) is 0 Å². The Hall–Kier alpha value is -3.36. The Morgan fingerprint density at radius 3 is 2.64 bits per heavy atom. The zero-order valence-electron chi connectivity index (χ0n) is 20.9. The normalized spacial score (nSPS) is 20.4. The van der Waals surface area contributed by atoms with Crippen LogP contribution < -0.4 is 4.74 Å². The summed E-state index contributed by atoms with van der Waals surface area (Å²) in [7, 11) is 4.52. The van der Waals surface area contributed by atoms with Gasteiger partial charge in [0.25, 0.3) is 0 Å². The number of piperidine rings is 1. The largest absolute Gasteiger partial charge is 0.496 e. The molecule has 0 radical (unpaired) electrons. The van der Waals surface area contributed by atoms with Crippen LogP contribution in [0.15, 0.2) is 83.2 Å². The number of benzene rings is 1. The average Bonchev–Trinajstić information content (AvgIpc) is 3.07. The van der Waals surface area contributed by atoms with Crippen molar-refractivity contribution >= 4 is 17.0 Å². The molecule has 36 heavy (non-hydrogen) atoms. The lowest BCUT2D eigenvalue weighted by Crippen LogP contribution is -2.41. The Morgan fingerprint density at radius 2 is 1.97 bits per heavy atom. The summed E-state index contributed by atoms with van der Waals surface area (Å²) in [5.74, 6) is 1.14. The first-order valence-electron chi connectivity index (χ1n) is 11.7. The van der Waals surface area contributed by atoms with Crippen LogP contribution in [0.25, 0.3) is 0 Å². The number of ether oxygens (including phenoxy) is 3. The third-order valence-electron chi connectivity index (χ3n) is 6.72. The molecule has 0 spiro atoms. The molecule has 0 N–H and O–H groups in total. The standard InChI is InChI=1S/C28H31NO6S/c1-6-9-20(7-2)36(31)35-27-23-17-29-13-12-19-15-26(33-4)22(28(30)34-5)16-21(19)24(29)14-18(23)10-8-11-25(27)32-3/h6-7,9-11,15-16,24H,1-2,8,12-14,17H2,3-5H3/b20-9+. The fourth-order valence-corrected chi connectivity index (χ4v) is 5.73. The van der Waals surface area contributed by atoms with Gasteiger partial charge in [-0.05, 0) is 66.3 Å². The smallest absolute Gasteiger partial charge is 0.341 e. The highest BCUT2D eigenvalue weighted by atomic mass is 32.2. The summed E-state index contributed by atoms with van der Waals surface area (Å²) in [5, 5.41) is 0. The molecule has 1 aromatic rings. The van der Waals surface area contributed by atoms with Gasteiger partial charge in [0.15, 0.2) is 11.5 Å². The molecule has 7 nitrogen and oxygen atoms in total. The van der Waals surface area contributed by atoms with Crippen LogP contribution in [0.3, 0.4) is 0 Å². The number of esters is 1. The highest BCUT2D eigenvalue weighted by molar-refractivity contribution is 7.84. The minimum atomic E-state index is -1.78. The Balaban J connectivity index is 1.74. The predicted molar refractivity (Wildman–Crippen MR) is 139 cm³/mol. The van der Waals surface area contributed by atoms with Crippen molar-refractivity contribution in [2.75, 3.05) is 34.4 Å². The lowest BCUT2D eigenvalue weighted by Gasteiger charge is -2.43. The van der Waals surface area contributed by atoms with E-state index in [2.05, 4.69) is 24.1 Å². The van der Waals surface area contributed by atoms with E-state index in [0.717, 1.165) is 36.1 Å². The second-order valence-electron chi connectivity index (χ2n) is 8.56. The van der Waals surface area contributed by atoms with Crippen LogP contribution in [0.4, 0.5) is 0 Å². The van der Waals surface area contributed by atoms with Crippen LogP contribution in [0, 0.1) is 0 Å². The Bertz CT molecular complexity index is 1240. The van der Waals surface area contributed by atoms with E-state index in [1.807, 2.05) is 18.2 Å². The van der Waals surface area contributed by atoms with Crippen LogP contribution in [-0.4, -0.2) is 49.5 Å². The molecular formula is C28H31NO6S. The van der Waals surface area contributed by atoms with Crippen LogP contribution in [0.1, 0.15) is 40.4 Å². The summed E-state index contributed by atoms with van der Waals surface area (Å²) in [6.07, 6.45) is 11.0. The van der Waals surface area contributed by atoms with Crippen molar-refractivity contribution in [3.8, 4) is 5.75 Å². The zero-order valence-corrected chi connectivity index (χ0v) is 21.7. The van der Waals surface area contributed by atoms with E-state index >= 15 is 0 Å². The number of nitrogens with zero attached hydrogens (tertiary/aromatic N) is 1. The Kier molecular flexibility index (Phi) is 7.96. The second-order valence-corrected chi connectivity index (χ2v) is 9.66. The monoisotopic (exact) mass is 509 g/mol. The molecule has 1 saturated heterocycles. The maximum atomic E-state index is 13.0. The molecule has 2 aliphatic heterocycles. The number of carbonyl (C=O) groups excluding carboxylic acids is 1. The molecule has 190 valence electrons. The molecule has 0 amide bonds. The molecule has 1 aromatic carbocycles. The first kappa shape index (κ1) is 25.7. The van der Waals surface area contributed by atoms with Crippen molar-refractivity contribution in [2.24, 2.45) is 0 Å². The maximum Gasteiger partial charge on any atom is 0.341 e. The summed E-state index contributed by atoms with van der Waals surface area (Å²) >= 11 is -1.78. The molecule has 3 aliphatic rings. The quantitative estimate of drug-likeness (QED) is 0.367. The molecule has 2 unspecified atom stereocenters. The molecule has 1 fully saturated rings. The SMILES string of the molecule is C=C/C=C(\C=C)S(=O)OC1=C2CN3CCc4cc(OC)c(C(=O)OC)cc4C3CC2=CCC=C1OC. The van der Waals surface area contributed by atoms with Gasteiger partial charge in [-0.25, -0.2) is 9.00 Å². The van der Waals surface area contributed by atoms with Gasteiger partial charge in [0.1, 0.15) is 11.3 Å². The zero-order chi connectivity index (χ0) is 25.8. The predicted octanol–water partition coefficient (Wildman–Crippen LogP) is 4.84. The van der Waals surface area contributed by atoms with Gasteiger partial charge in [-0.2, -0.15) is 0 Å². The lowest BCUT2D eigenvalue weighted by molar-refractivity contribution is 0.0596.